The number of nitrogens with zero attached hydrogens (tertiary/aromatic N) is 2. The molecule has 5 nitrogen and oxygen atoms in total. The third-order valence-corrected chi connectivity index (χ3v) is 5.18. The van der Waals surface area contributed by atoms with Gasteiger partial charge in [-0.15, -0.1) is 24.0 Å². The van der Waals surface area contributed by atoms with Crippen molar-refractivity contribution in [1.82, 2.24) is 10.2 Å². The number of ether oxygens (including phenoxy) is 2. The van der Waals surface area contributed by atoms with Crippen LogP contribution in [0.25, 0.3) is 10.8 Å². The van der Waals surface area contributed by atoms with Crippen LogP contribution in [-0.4, -0.2) is 57.9 Å². The van der Waals surface area contributed by atoms with E-state index in [1.54, 1.807) is 0 Å². The molecule has 1 aliphatic rings. The number of rotatable bonds is 7. The molecule has 0 unspecified atom stereocenters. The van der Waals surface area contributed by atoms with Gasteiger partial charge in [0.25, 0.3) is 0 Å². The molecule has 0 saturated carbocycles. The standard InChI is InChI=1S/C22H31N3O2.HI/c1-23-22(25(2)14-10-18-11-15-26-16-12-18)24-13-17-27-21-9-5-7-19-6-3-4-8-20(19)21;/h3-9,18H,10-17H2,1-2H3,(H,23,24);1H. The van der Waals surface area contributed by atoms with Crippen LogP contribution in [0, 0.1) is 5.92 Å². The highest BCUT2D eigenvalue weighted by molar-refractivity contribution is 14.0. The topological polar surface area (TPSA) is 46.1 Å². The zero-order valence-corrected chi connectivity index (χ0v) is 19.2. The molecule has 0 spiro atoms. The van der Waals surface area contributed by atoms with Crippen molar-refractivity contribution in [3.63, 3.8) is 0 Å². The van der Waals surface area contributed by atoms with Gasteiger partial charge in [-0.05, 0) is 36.6 Å². The third kappa shape index (κ3) is 6.51. The molecule has 3 rings (SSSR count). The summed E-state index contributed by atoms with van der Waals surface area (Å²) in [6.07, 6.45) is 3.55. The van der Waals surface area contributed by atoms with Crippen molar-refractivity contribution >= 4 is 40.7 Å². The molecule has 1 saturated heterocycles. The molecule has 6 heteroatoms. The first-order chi connectivity index (χ1) is 13.3. The van der Waals surface area contributed by atoms with Gasteiger partial charge in [-0.1, -0.05) is 36.4 Å². The Labute approximate surface area is 185 Å². The van der Waals surface area contributed by atoms with Crippen LogP contribution >= 0.6 is 24.0 Å². The Kier molecular flexibility index (Phi) is 9.84. The third-order valence-electron chi connectivity index (χ3n) is 5.18. The van der Waals surface area contributed by atoms with Gasteiger partial charge >= 0.3 is 0 Å². The van der Waals surface area contributed by atoms with Crippen LogP contribution in [-0.2, 0) is 4.74 Å². The van der Waals surface area contributed by atoms with Crippen molar-refractivity contribution in [3.8, 4) is 5.75 Å². The van der Waals surface area contributed by atoms with E-state index in [0.717, 1.165) is 49.3 Å². The van der Waals surface area contributed by atoms with Gasteiger partial charge in [0.05, 0.1) is 6.54 Å². The SMILES string of the molecule is CN=C(NCCOc1cccc2ccccc12)N(C)CCC1CCOCC1.I. The van der Waals surface area contributed by atoms with Crippen LogP contribution < -0.4 is 10.1 Å². The number of nitrogens with one attached hydrogen (secondary N) is 1. The van der Waals surface area contributed by atoms with Crippen molar-refractivity contribution in [2.24, 2.45) is 10.9 Å². The van der Waals surface area contributed by atoms with Gasteiger partial charge in [-0.3, -0.25) is 4.99 Å². The van der Waals surface area contributed by atoms with Gasteiger partial charge in [0.2, 0.25) is 0 Å². The molecule has 0 atom stereocenters. The molecular formula is C22H32IN3O2. The van der Waals surface area contributed by atoms with E-state index >= 15 is 0 Å². The minimum absolute atomic E-state index is 0. The Morgan fingerprint density at radius 1 is 1.18 bits per heavy atom. The first kappa shape index (κ1) is 22.7. The van der Waals surface area contributed by atoms with E-state index in [1.165, 1.54) is 24.6 Å². The average Bonchev–Trinajstić information content (AvgIpc) is 2.73. The molecule has 0 bridgehead atoms. The molecule has 2 aromatic carbocycles. The van der Waals surface area contributed by atoms with E-state index in [0.29, 0.717) is 6.61 Å². The second kappa shape index (κ2) is 12.1. The first-order valence-corrected chi connectivity index (χ1v) is 9.88. The number of benzene rings is 2. The minimum atomic E-state index is 0. The highest BCUT2D eigenvalue weighted by Gasteiger charge is 2.15. The average molecular weight is 497 g/mol. The highest BCUT2D eigenvalue weighted by Crippen LogP contribution is 2.24. The maximum atomic E-state index is 6.00. The summed E-state index contributed by atoms with van der Waals surface area (Å²) < 4.78 is 11.4. The summed E-state index contributed by atoms with van der Waals surface area (Å²) in [5.74, 6) is 2.62. The maximum Gasteiger partial charge on any atom is 0.193 e. The summed E-state index contributed by atoms with van der Waals surface area (Å²) in [5.41, 5.74) is 0. The van der Waals surface area contributed by atoms with Gasteiger partial charge < -0.3 is 19.7 Å². The summed E-state index contributed by atoms with van der Waals surface area (Å²) in [6, 6.07) is 14.5. The van der Waals surface area contributed by atoms with Crippen LogP contribution in [0.15, 0.2) is 47.5 Å². The maximum absolute atomic E-state index is 6.00. The van der Waals surface area contributed by atoms with Crippen LogP contribution in [0.3, 0.4) is 0 Å². The van der Waals surface area contributed by atoms with E-state index in [-0.39, 0.29) is 24.0 Å². The fourth-order valence-electron chi connectivity index (χ4n) is 3.55. The molecule has 1 N–H and O–H groups in total. The van der Waals surface area contributed by atoms with Gasteiger partial charge in [0, 0.05) is 39.2 Å². The number of hydrogen-bond acceptors (Lipinski definition) is 3. The fourth-order valence-corrected chi connectivity index (χ4v) is 3.55. The molecule has 1 aliphatic heterocycles. The summed E-state index contributed by atoms with van der Waals surface area (Å²) in [7, 11) is 3.93. The lowest BCUT2D eigenvalue weighted by atomic mass is 9.96. The number of fused-ring (bicyclic) bond motifs is 1. The molecule has 2 aromatic rings. The van der Waals surface area contributed by atoms with Crippen molar-refractivity contribution in [1.29, 1.82) is 0 Å². The molecule has 0 aliphatic carbocycles. The molecule has 0 aromatic heterocycles. The molecule has 28 heavy (non-hydrogen) atoms. The van der Waals surface area contributed by atoms with Crippen molar-refractivity contribution in [3.05, 3.63) is 42.5 Å². The number of hydrogen-bond donors (Lipinski definition) is 1. The Hall–Kier alpha value is -1.54. The molecular weight excluding hydrogens is 465 g/mol. The summed E-state index contributed by atoms with van der Waals surface area (Å²) in [5, 5.41) is 5.75. The quantitative estimate of drug-likeness (QED) is 0.270. The zero-order valence-electron chi connectivity index (χ0n) is 16.9. The zero-order chi connectivity index (χ0) is 18.9. The van der Waals surface area contributed by atoms with E-state index in [1.807, 2.05) is 31.3 Å². The van der Waals surface area contributed by atoms with Gasteiger partial charge in [-0.2, -0.15) is 0 Å². The van der Waals surface area contributed by atoms with E-state index in [4.69, 9.17) is 9.47 Å². The Morgan fingerprint density at radius 2 is 1.93 bits per heavy atom. The van der Waals surface area contributed by atoms with Gasteiger partial charge in [-0.25, -0.2) is 0 Å². The Morgan fingerprint density at radius 3 is 2.71 bits per heavy atom. The normalized spacial score (nSPS) is 15.1. The van der Waals surface area contributed by atoms with Crippen LogP contribution in [0.4, 0.5) is 0 Å². The lowest BCUT2D eigenvalue weighted by Gasteiger charge is -2.26. The second-order valence-electron chi connectivity index (χ2n) is 7.07. The summed E-state index contributed by atoms with van der Waals surface area (Å²) >= 11 is 0. The highest BCUT2D eigenvalue weighted by atomic mass is 127. The summed E-state index contributed by atoms with van der Waals surface area (Å²) in [4.78, 5) is 6.60. The minimum Gasteiger partial charge on any atom is -0.491 e. The van der Waals surface area contributed by atoms with Gasteiger partial charge in [0.15, 0.2) is 5.96 Å². The van der Waals surface area contributed by atoms with Gasteiger partial charge in [0.1, 0.15) is 12.4 Å². The first-order valence-electron chi connectivity index (χ1n) is 9.88. The lowest BCUT2D eigenvalue weighted by Crippen LogP contribution is -2.41. The molecule has 1 fully saturated rings. The largest absolute Gasteiger partial charge is 0.491 e. The number of aliphatic imine (C=N–C) groups is 1. The molecule has 0 amide bonds. The Balaban J connectivity index is 0.00000280. The predicted molar refractivity (Wildman–Crippen MR) is 127 cm³/mol. The number of halogens is 1. The van der Waals surface area contributed by atoms with Crippen molar-refractivity contribution in [2.75, 3.05) is 47.0 Å². The molecule has 0 radical (unpaired) electrons. The monoisotopic (exact) mass is 497 g/mol. The van der Waals surface area contributed by atoms with E-state index in [9.17, 15) is 0 Å². The second-order valence-corrected chi connectivity index (χ2v) is 7.07. The van der Waals surface area contributed by atoms with Crippen LogP contribution in [0.5, 0.6) is 5.75 Å². The molecule has 1 heterocycles. The van der Waals surface area contributed by atoms with Crippen molar-refractivity contribution in [2.45, 2.75) is 19.3 Å². The lowest BCUT2D eigenvalue weighted by molar-refractivity contribution is 0.0625. The predicted octanol–water partition coefficient (Wildman–Crippen LogP) is 4.16. The Bertz CT molecular complexity index is 742. The smallest absolute Gasteiger partial charge is 0.193 e. The fraction of sp³-hybridized carbons (Fsp3) is 0.500. The summed E-state index contributed by atoms with van der Waals surface area (Å²) in [6.45, 7) is 4.15. The van der Waals surface area contributed by atoms with E-state index < -0.39 is 0 Å². The van der Waals surface area contributed by atoms with E-state index in [2.05, 4.69) is 40.5 Å². The molecule has 154 valence electrons. The number of guanidine groups is 1. The van der Waals surface area contributed by atoms with Crippen LogP contribution in [0.2, 0.25) is 0 Å². The van der Waals surface area contributed by atoms with Crippen LogP contribution in [0.1, 0.15) is 19.3 Å². The van der Waals surface area contributed by atoms with Crippen molar-refractivity contribution < 1.29 is 9.47 Å².